The number of aromatic nitrogens is 2. The molecule has 0 fully saturated rings. The van der Waals surface area contributed by atoms with Crippen LogP contribution in [-0.4, -0.2) is 28.0 Å². The maximum Gasteiger partial charge on any atom is 0.270 e. The van der Waals surface area contributed by atoms with Gasteiger partial charge in [0.05, 0.1) is 9.77 Å². The summed E-state index contributed by atoms with van der Waals surface area (Å²) in [5.41, 5.74) is 0.599. The van der Waals surface area contributed by atoms with Gasteiger partial charge < -0.3 is 5.32 Å². The number of amides is 1. The van der Waals surface area contributed by atoms with Crippen LogP contribution < -0.4 is 5.32 Å². The van der Waals surface area contributed by atoms with E-state index < -0.39 is 0 Å². The molecule has 0 aliphatic rings. The van der Waals surface area contributed by atoms with Gasteiger partial charge in [0.15, 0.2) is 0 Å². The fraction of sp³-hybridized carbons (Fsp3) is 0.429. The fourth-order valence-corrected chi connectivity index (χ4v) is 1.75. The molecule has 1 amide bonds. The number of aryl methyl sites for hydroxylation is 1. The molecule has 0 saturated carbocycles. The van der Waals surface area contributed by atoms with E-state index >= 15 is 0 Å². The van der Waals surface area contributed by atoms with Gasteiger partial charge in [0.2, 0.25) is 0 Å². The number of thiol groups is 1. The van der Waals surface area contributed by atoms with Crippen molar-refractivity contribution in [1.29, 1.82) is 0 Å². The lowest BCUT2D eigenvalue weighted by Gasteiger charge is -2.03. The van der Waals surface area contributed by atoms with Gasteiger partial charge >= 0.3 is 0 Å². The van der Waals surface area contributed by atoms with Crippen molar-refractivity contribution < 1.29 is 4.79 Å². The molecule has 1 aromatic heterocycles. The number of carbonyl (C=O) groups excluding carboxylic acids is 1. The molecule has 0 atom stereocenters. The highest BCUT2D eigenvalue weighted by Crippen LogP contribution is 2.09. The monoisotopic (exact) mass is 311 g/mol. The van der Waals surface area contributed by atoms with Crippen molar-refractivity contribution in [3.63, 3.8) is 0 Å². The standard InChI is InChI=1S/C7H10IN3OS/c1-11-6(5(8)4-10-11)7(12)9-2-3-13/h4,13H,2-3H2,1H3,(H,9,12). The van der Waals surface area contributed by atoms with Gasteiger partial charge in [0, 0.05) is 19.3 Å². The van der Waals surface area contributed by atoms with Crippen LogP contribution in [-0.2, 0) is 7.05 Å². The Morgan fingerprint density at radius 2 is 2.54 bits per heavy atom. The number of nitrogens with one attached hydrogen (secondary N) is 1. The van der Waals surface area contributed by atoms with Gasteiger partial charge in [-0.05, 0) is 22.6 Å². The summed E-state index contributed by atoms with van der Waals surface area (Å²) in [7, 11) is 1.75. The second-order valence-electron chi connectivity index (χ2n) is 2.44. The zero-order valence-electron chi connectivity index (χ0n) is 7.12. The minimum atomic E-state index is -0.0987. The van der Waals surface area contributed by atoms with Crippen LogP contribution in [0.2, 0.25) is 0 Å². The van der Waals surface area contributed by atoms with Crippen molar-refractivity contribution in [2.45, 2.75) is 0 Å². The number of rotatable bonds is 3. The van der Waals surface area contributed by atoms with Crippen molar-refractivity contribution in [2.24, 2.45) is 7.05 Å². The van der Waals surface area contributed by atoms with Crippen LogP contribution in [0.3, 0.4) is 0 Å². The largest absolute Gasteiger partial charge is 0.350 e. The van der Waals surface area contributed by atoms with Gasteiger partial charge in [0.1, 0.15) is 5.69 Å². The fourth-order valence-electron chi connectivity index (χ4n) is 0.919. The molecule has 0 aromatic carbocycles. The van der Waals surface area contributed by atoms with Gasteiger partial charge in [0.25, 0.3) is 5.91 Å². The first-order valence-electron chi connectivity index (χ1n) is 3.73. The van der Waals surface area contributed by atoms with Crippen LogP contribution in [0.15, 0.2) is 6.20 Å². The Labute approximate surface area is 95.6 Å². The van der Waals surface area contributed by atoms with E-state index in [0.29, 0.717) is 18.0 Å². The van der Waals surface area contributed by atoms with Crippen LogP contribution in [0, 0.1) is 3.57 Å². The predicted octanol–water partition coefficient (Wildman–Crippen LogP) is 0.684. The number of halogens is 1. The molecule has 0 unspecified atom stereocenters. The van der Waals surface area contributed by atoms with Gasteiger partial charge in [-0.1, -0.05) is 0 Å². The molecule has 4 nitrogen and oxygen atoms in total. The summed E-state index contributed by atoms with van der Waals surface area (Å²) in [6.07, 6.45) is 1.66. The summed E-state index contributed by atoms with van der Waals surface area (Å²) in [6.45, 7) is 0.573. The predicted molar refractivity (Wildman–Crippen MR) is 62.1 cm³/mol. The zero-order chi connectivity index (χ0) is 9.84. The van der Waals surface area contributed by atoms with Gasteiger partial charge in [-0.25, -0.2) is 0 Å². The maximum absolute atomic E-state index is 11.5. The van der Waals surface area contributed by atoms with Crippen LogP contribution >= 0.6 is 35.2 Å². The zero-order valence-corrected chi connectivity index (χ0v) is 10.2. The number of nitrogens with zero attached hydrogens (tertiary/aromatic N) is 2. The van der Waals surface area contributed by atoms with Crippen LogP contribution in [0.5, 0.6) is 0 Å². The van der Waals surface area contributed by atoms with Crippen molar-refractivity contribution in [3.8, 4) is 0 Å². The lowest BCUT2D eigenvalue weighted by atomic mass is 10.4. The number of carbonyl (C=O) groups is 1. The number of hydrogen-bond donors (Lipinski definition) is 2. The molecule has 1 aromatic rings. The van der Waals surface area contributed by atoms with E-state index in [1.807, 2.05) is 0 Å². The normalized spacial score (nSPS) is 10.1. The molecule has 6 heteroatoms. The second kappa shape index (κ2) is 4.85. The summed E-state index contributed by atoms with van der Waals surface area (Å²) >= 11 is 6.09. The van der Waals surface area contributed by atoms with Gasteiger partial charge in [-0.15, -0.1) is 0 Å². The van der Waals surface area contributed by atoms with Gasteiger partial charge in [-0.3, -0.25) is 9.48 Å². The molecular formula is C7H10IN3OS. The Kier molecular flexibility index (Phi) is 4.04. The third-order valence-corrected chi connectivity index (χ3v) is 2.52. The molecule has 1 heterocycles. The lowest BCUT2D eigenvalue weighted by Crippen LogP contribution is -2.28. The number of hydrogen-bond acceptors (Lipinski definition) is 3. The molecule has 0 aliphatic carbocycles. The van der Waals surface area contributed by atoms with Crippen molar-refractivity contribution in [2.75, 3.05) is 12.3 Å². The molecule has 1 N–H and O–H groups in total. The van der Waals surface area contributed by atoms with E-state index in [-0.39, 0.29) is 5.91 Å². The molecule has 13 heavy (non-hydrogen) atoms. The minimum absolute atomic E-state index is 0.0987. The summed E-state index contributed by atoms with van der Waals surface area (Å²) < 4.78 is 2.42. The molecule has 72 valence electrons. The second-order valence-corrected chi connectivity index (χ2v) is 4.05. The van der Waals surface area contributed by atoms with Crippen LogP contribution in [0.1, 0.15) is 10.5 Å². The molecule has 0 saturated heterocycles. The Hall–Kier alpha value is -0.240. The maximum atomic E-state index is 11.5. The highest BCUT2D eigenvalue weighted by Gasteiger charge is 2.13. The highest BCUT2D eigenvalue weighted by atomic mass is 127. The van der Waals surface area contributed by atoms with Crippen molar-refractivity contribution >= 4 is 41.1 Å². The molecule has 0 radical (unpaired) electrons. The first kappa shape index (κ1) is 10.8. The smallest absolute Gasteiger partial charge is 0.270 e. The van der Waals surface area contributed by atoms with Gasteiger partial charge in [-0.2, -0.15) is 17.7 Å². The van der Waals surface area contributed by atoms with Crippen LogP contribution in [0.4, 0.5) is 0 Å². The molecule has 0 spiro atoms. The topological polar surface area (TPSA) is 46.9 Å². The summed E-state index contributed by atoms with van der Waals surface area (Å²) in [5, 5.41) is 6.71. The van der Waals surface area contributed by atoms with E-state index in [1.165, 1.54) is 0 Å². The summed E-state index contributed by atoms with van der Waals surface area (Å²) in [5.74, 6) is 0.540. The van der Waals surface area contributed by atoms with Crippen molar-refractivity contribution in [1.82, 2.24) is 15.1 Å². The van der Waals surface area contributed by atoms with Crippen LogP contribution in [0.25, 0.3) is 0 Å². The average Bonchev–Trinajstić information content (AvgIpc) is 2.42. The first-order chi connectivity index (χ1) is 6.16. The van der Waals surface area contributed by atoms with E-state index in [2.05, 4.69) is 45.6 Å². The van der Waals surface area contributed by atoms with E-state index in [9.17, 15) is 4.79 Å². The minimum Gasteiger partial charge on any atom is -0.350 e. The lowest BCUT2D eigenvalue weighted by molar-refractivity contribution is 0.0946. The average molecular weight is 311 g/mol. The Bertz CT molecular complexity index is 293. The molecule has 0 aliphatic heterocycles. The first-order valence-corrected chi connectivity index (χ1v) is 5.44. The van der Waals surface area contributed by atoms with E-state index in [4.69, 9.17) is 0 Å². The molecule has 1 rings (SSSR count). The third-order valence-electron chi connectivity index (χ3n) is 1.51. The van der Waals surface area contributed by atoms with E-state index in [0.717, 1.165) is 3.57 Å². The molecular weight excluding hydrogens is 301 g/mol. The highest BCUT2D eigenvalue weighted by molar-refractivity contribution is 14.1. The quantitative estimate of drug-likeness (QED) is 0.637. The Balaban J connectivity index is 2.76. The Morgan fingerprint density at radius 3 is 3.00 bits per heavy atom. The third kappa shape index (κ3) is 2.60. The SMILES string of the molecule is Cn1ncc(I)c1C(=O)NCCS. The summed E-state index contributed by atoms with van der Waals surface area (Å²) in [4.78, 5) is 11.5. The summed E-state index contributed by atoms with van der Waals surface area (Å²) in [6, 6.07) is 0. The van der Waals surface area contributed by atoms with E-state index in [1.54, 1.807) is 17.9 Å². The molecule has 0 bridgehead atoms. The Morgan fingerprint density at radius 1 is 1.85 bits per heavy atom. The van der Waals surface area contributed by atoms with Crippen molar-refractivity contribution in [3.05, 3.63) is 15.5 Å².